The number of non-ortho nitro benzene ring substituents is 1. The summed E-state index contributed by atoms with van der Waals surface area (Å²) < 4.78 is 0.543. The van der Waals surface area contributed by atoms with Crippen molar-refractivity contribution in [2.24, 2.45) is 0 Å². The zero-order valence-corrected chi connectivity index (χ0v) is 9.82. The molecule has 0 aliphatic rings. The SMILES string of the molecule is Cc1ccc([N+](=O)[O-])cc1-c1nccc(=S)[nH]1. The summed E-state index contributed by atoms with van der Waals surface area (Å²) in [4.78, 5) is 17.3. The van der Waals surface area contributed by atoms with Gasteiger partial charge in [0.25, 0.3) is 5.69 Å². The maximum Gasteiger partial charge on any atom is 0.270 e. The number of hydrogen-bond donors (Lipinski definition) is 1. The summed E-state index contributed by atoms with van der Waals surface area (Å²) >= 11 is 5.00. The molecule has 0 fully saturated rings. The fourth-order valence-corrected chi connectivity index (χ4v) is 1.64. The molecule has 1 aromatic carbocycles. The van der Waals surface area contributed by atoms with Crippen LogP contribution in [0.2, 0.25) is 0 Å². The number of nitro benzene ring substituents is 1. The number of nitro groups is 1. The highest BCUT2D eigenvalue weighted by atomic mass is 32.1. The molecule has 0 spiro atoms. The molecule has 0 bridgehead atoms. The summed E-state index contributed by atoms with van der Waals surface area (Å²) in [6.07, 6.45) is 1.58. The molecule has 0 radical (unpaired) electrons. The average molecular weight is 247 g/mol. The van der Waals surface area contributed by atoms with Gasteiger partial charge in [-0.1, -0.05) is 18.3 Å². The number of aromatic nitrogens is 2. The van der Waals surface area contributed by atoms with Crippen LogP contribution in [-0.4, -0.2) is 14.9 Å². The Kier molecular flexibility index (Phi) is 2.97. The molecular formula is C11H9N3O2S. The first-order valence-electron chi connectivity index (χ1n) is 4.88. The van der Waals surface area contributed by atoms with Crippen molar-refractivity contribution < 1.29 is 4.92 Å². The lowest BCUT2D eigenvalue weighted by Gasteiger charge is -2.04. The monoisotopic (exact) mass is 247 g/mol. The molecule has 2 aromatic rings. The predicted molar refractivity (Wildman–Crippen MR) is 66.2 cm³/mol. The third-order valence-electron chi connectivity index (χ3n) is 2.36. The lowest BCUT2D eigenvalue weighted by Crippen LogP contribution is -1.94. The maximum absolute atomic E-state index is 10.7. The van der Waals surface area contributed by atoms with E-state index in [0.717, 1.165) is 5.56 Å². The molecule has 1 heterocycles. The van der Waals surface area contributed by atoms with Gasteiger partial charge in [-0.15, -0.1) is 0 Å². The minimum absolute atomic E-state index is 0.0376. The van der Waals surface area contributed by atoms with Crippen LogP contribution >= 0.6 is 12.2 Å². The summed E-state index contributed by atoms with van der Waals surface area (Å²) in [6, 6.07) is 6.31. The zero-order chi connectivity index (χ0) is 12.4. The average Bonchev–Trinajstić information content (AvgIpc) is 2.29. The normalized spacial score (nSPS) is 10.2. The molecule has 2 rings (SSSR count). The standard InChI is InChI=1S/C11H9N3O2S/c1-7-2-3-8(14(15)16)6-9(7)11-12-5-4-10(17)13-11/h2-6H,1H3,(H,12,13,17). The Morgan fingerprint density at radius 3 is 2.82 bits per heavy atom. The second-order valence-corrected chi connectivity index (χ2v) is 3.98. The van der Waals surface area contributed by atoms with Gasteiger partial charge in [0.05, 0.1) is 4.92 Å². The highest BCUT2D eigenvalue weighted by Crippen LogP contribution is 2.24. The van der Waals surface area contributed by atoms with Gasteiger partial charge in [-0.2, -0.15) is 0 Å². The molecule has 0 atom stereocenters. The number of benzene rings is 1. The zero-order valence-electron chi connectivity index (χ0n) is 9.01. The van der Waals surface area contributed by atoms with Crippen LogP contribution in [0.1, 0.15) is 5.56 Å². The van der Waals surface area contributed by atoms with Crippen LogP contribution in [0.25, 0.3) is 11.4 Å². The van der Waals surface area contributed by atoms with E-state index >= 15 is 0 Å². The number of nitrogens with one attached hydrogen (secondary N) is 1. The number of nitrogens with zero attached hydrogens (tertiary/aromatic N) is 2. The van der Waals surface area contributed by atoms with Gasteiger partial charge in [-0.05, 0) is 18.6 Å². The molecule has 1 N–H and O–H groups in total. The van der Waals surface area contributed by atoms with Crippen molar-refractivity contribution in [3.8, 4) is 11.4 Å². The van der Waals surface area contributed by atoms with E-state index in [1.807, 2.05) is 6.92 Å². The van der Waals surface area contributed by atoms with Crippen molar-refractivity contribution in [3.05, 3.63) is 50.8 Å². The van der Waals surface area contributed by atoms with Crippen LogP contribution in [0.4, 0.5) is 5.69 Å². The first kappa shape index (κ1) is 11.4. The first-order valence-corrected chi connectivity index (χ1v) is 5.29. The van der Waals surface area contributed by atoms with E-state index in [-0.39, 0.29) is 5.69 Å². The Morgan fingerprint density at radius 2 is 2.18 bits per heavy atom. The Balaban J connectivity index is 2.62. The summed E-state index contributed by atoms with van der Waals surface area (Å²) in [5.74, 6) is 0.540. The Hall–Kier alpha value is -2.08. The van der Waals surface area contributed by atoms with Crippen molar-refractivity contribution in [2.45, 2.75) is 6.92 Å². The van der Waals surface area contributed by atoms with E-state index in [2.05, 4.69) is 9.97 Å². The Morgan fingerprint density at radius 1 is 1.41 bits per heavy atom. The fourth-order valence-electron chi connectivity index (χ4n) is 1.49. The molecule has 17 heavy (non-hydrogen) atoms. The second kappa shape index (κ2) is 4.42. The van der Waals surface area contributed by atoms with Gasteiger partial charge in [-0.3, -0.25) is 10.1 Å². The van der Waals surface area contributed by atoms with Crippen molar-refractivity contribution >= 4 is 17.9 Å². The molecule has 0 amide bonds. The highest BCUT2D eigenvalue weighted by molar-refractivity contribution is 7.71. The van der Waals surface area contributed by atoms with Crippen molar-refractivity contribution in [3.63, 3.8) is 0 Å². The van der Waals surface area contributed by atoms with Gasteiger partial charge in [0.15, 0.2) is 0 Å². The second-order valence-electron chi connectivity index (χ2n) is 3.54. The number of hydrogen-bond acceptors (Lipinski definition) is 4. The van der Waals surface area contributed by atoms with Gasteiger partial charge in [0.1, 0.15) is 10.5 Å². The molecule has 0 saturated carbocycles. The fraction of sp³-hybridized carbons (Fsp3) is 0.0909. The Bertz CT molecular complexity index is 637. The van der Waals surface area contributed by atoms with E-state index in [9.17, 15) is 10.1 Å². The van der Waals surface area contributed by atoms with E-state index in [1.165, 1.54) is 12.1 Å². The summed E-state index contributed by atoms with van der Waals surface area (Å²) in [7, 11) is 0. The summed E-state index contributed by atoms with van der Waals surface area (Å²) in [5, 5.41) is 10.7. The number of H-pyrrole nitrogens is 1. The lowest BCUT2D eigenvalue weighted by atomic mass is 10.1. The van der Waals surface area contributed by atoms with Crippen LogP contribution in [0, 0.1) is 21.7 Å². The van der Waals surface area contributed by atoms with Gasteiger partial charge < -0.3 is 4.98 Å². The third-order valence-corrected chi connectivity index (χ3v) is 2.60. The van der Waals surface area contributed by atoms with Crippen LogP contribution in [0.3, 0.4) is 0 Å². The summed E-state index contributed by atoms with van der Waals surface area (Å²) in [6.45, 7) is 1.87. The smallest absolute Gasteiger partial charge is 0.270 e. The molecule has 86 valence electrons. The van der Waals surface area contributed by atoms with Crippen molar-refractivity contribution in [1.82, 2.24) is 9.97 Å². The number of aromatic amines is 1. The van der Waals surface area contributed by atoms with Crippen molar-refractivity contribution in [1.29, 1.82) is 0 Å². The van der Waals surface area contributed by atoms with E-state index in [1.54, 1.807) is 18.3 Å². The molecule has 0 aliphatic carbocycles. The molecule has 0 unspecified atom stereocenters. The van der Waals surface area contributed by atoms with Crippen LogP contribution < -0.4 is 0 Å². The third kappa shape index (κ3) is 2.36. The quantitative estimate of drug-likeness (QED) is 0.503. The largest absolute Gasteiger partial charge is 0.331 e. The van der Waals surface area contributed by atoms with Crippen molar-refractivity contribution in [2.75, 3.05) is 0 Å². The molecule has 0 saturated heterocycles. The van der Waals surface area contributed by atoms with E-state index in [0.29, 0.717) is 16.0 Å². The maximum atomic E-state index is 10.7. The molecule has 1 aromatic heterocycles. The molecular weight excluding hydrogens is 238 g/mol. The minimum atomic E-state index is -0.430. The molecule has 5 nitrogen and oxygen atoms in total. The number of aryl methyl sites for hydroxylation is 1. The van der Waals surface area contributed by atoms with Gasteiger partial charge in [-0.25, -0.2) is 4.98 Å². The van der Waals surface area contributed by atoms with Gasteiger partial charge >= 0.3 is 0 Å². The first-order chi connectivity index (χ1) is 8.08. The van der Waals surface area contributed by atoms with Crippen LogP contribution in [-0.2, 0) is 0 Å². The van der Waals surface area contributed by atoms with Gasteiger partial charge in [0.2, 0.25) is 0 Å². The molecule has 0 aliphatic heterocycles. The highest BCUT2D eigenvalue weighted by Gasteiger charge is 2.11. The van der Waals surface area contributed by atoms with E-state index < -0.39 is 4.92 Å². The van der Waals surface area contributed by atoms with Crippen LogP contribution in [0.5, 0.6) is 0 Å². The Labute approximate surface area is 102 Å². The minimum Gasteiger partial charge on any atom is -0.331 e. The summed E-state index contributed by atoms with van der Waals surface area (Å²) in [5.41, 5.74) is 1.63. The topological polar surface area (TPSA) is 71.8 Å². The van der Waals surface area contributed by atoms with Crippen LogP contribution in [0.15, 0.2) is 30.5 Å². The predicted octanol–water partition coefficient (Wildman–Crippen LogP) is 3.02. The van der Waals surface area contributed by atoms with Gasteiger partial charge in [0, 0.05) is 23.9 Å². The molecule has 6 heteroatoms. The number of rotatable bonds is 2. The lowest BCUT2D eigenvalue weighted by molar-refractivity contribution is -0.384. The van der Waals surface area contributed by atoms with E-state index in [4.69, 9.17) is 12.2 Å².